The minimum atomic E-state index is 0.0526. The summed E-state index contributed by atoms with van der Waals surface area (Å²) in [4.78, 5) is 6.92. The molecule has 2 aromatic carbocycles. The number of nitrogens with one attached hydrogen (secondary N) is 1. The van der Waals surface area contributed by atoms with Crippen LogP contribution >= 0.6 is 0 Å². The van der Waals surface area contributed by atoms with Crippen LogP contribution in [0.3, 0.4) is 0 Å². The van der Waals surface area contributed by atoms with Crippen molar-refractivity contribution < 1.29 is 14.6 Å². The Balaban J connectivity index is 1.73. The number of methoxy groups -OCH3 is 2. The quantitative estimate of drug-likeness (QED) is 0.336. The summed E-state index contributed by atoms with van der Waals surface area (Å²) in [5, 5.41) is 18.0. The van der Waals surface area contributed by atoms with Crippen LogP contribution in [0.2, 0.25) is 0 Å². The van der Waals surface area contributed by atoms with Gasteiger partial charge in [0.1, 0.15) is 11.5 Å². The average molecular weight is 476 g/mol. The summed E-state index contributed by atoms with van der Waals surface area (Å²) >= 11 is 0. The molecule has 4 rings (SSSR count). The molecule has 0 unspecified atom stereocenters. The first kappa shape index (κ1) is 24.5. The monoisotopic (exact) mass is 475 g/mol. The lowest BCUT2D eigenvalue weighted by Crippen LogP contribution is -2.32. The summed E-state index contributed by atoms with van der Waals surface area (Å²) < 4.78 is 12.8. The first-order valence-corrected chi connectivity index (χ1v) is 11.8. The summed E-state index contributed by atoms with van der Waals surface area (Å²) in [6, 6.07) is 14.7. The van der Waals surface area contributed by atoms with Gasteiger partial charge in [0, 0.05) is 77.6 Å². The number of aromatic nitrogens is 3. The van der Waals surface area contributed by atoms with Crippen molar-refractivity contribution in [2.45, 2.75) is 26.4 Å². The van der Waals surface area contributed by atoms with Crippen LogP contribution in [0.25, 0.3) is 22.0 Å². The van der Waals surface area contributed by atoms with Gasteiger partial charge in [-0.3, -0.25) is 9.67 Å². The highest BCUT2D eigenvalue weighted by atomic mass is 16.5. The van der Waals surface area contributed by atoms with E-state index in [1.165, 1.54) is 0 Å². The second kappa shape index (κ2) is 11.2. The van der Waals surface area contributed by atoms with E-state index in [9.17, 15) is 5.11 Å². The zero-order valence-electron chi connectivity index (χ0n) is 20.7. The molecule has 2 N–H and O–H groups in total. The van der Waals surface area contributed by atoms with Crippen LogP contribution in [0, 0.1) is 0 Å². The maximum atomic E-state index is 9.18. The molecule has 0 amide bonds. The predicted molar refractivity (Wildman–Crippen MR) is 140 cm³/mol. The van der Waals surface area contributed by atoms with Crippen molar-refractivity contribution in [1.82, 2.24) is 20.1 Å². The van der Waals surface area contributed by atoms with E-state index in [0.29, 0.717) is 12.6 Å². The Hall–Kier alpha value is -3.62. The SMILES string of the molecule is COc1cc(OC)cc(N(CCNC(C)C)c2ccc3ncc(-c4cnn(CCO)c4)cc3c2)c1. The van der Waals surface area contributed by atoms with E-state index in [1.807, 2.05) is 36.7 Å². The highest BCUT2D eigenvalue weighted by molar-refractivity contribution is 5.87. The van der Waals surface area contributed by atoms with Crippen molar-refractivity contribution in [3.8, 4) is 22.6 Å². The van der Waals surface area contributed by atoms with Gasteiger partial charge in [-0.05, 0) is 24.3 Å². The van der Waals surface area contributed by atoms with Gasteiger partial charge in [0.05, 0.1) is 39.1 Å². The fourth-order valence-corrected chi connectivity index (χ4v) is 4.00. The molecule has 35 heavy (non-hydrogen) atoms. The smallest absolute Gasteiger partial charge is 0.124 e. The van der Waals surface area contributed by atoms with Gasteiger partial charge >= 0.3 is 0 Å². The Labute approximate surface area is 206 Å². The lowest BCUT2D eigenvalue weighted by atomic mass is 10.1. The summed E-state index contributed by atoms with van der Waals surface area (Å²) in [6.07, 6.45) is 5.59. The number of aliphatic hydroxyl groups is 1. The number of rotatable bonds is 11. The number of nitrogens with zero attached hydrogens (tertiary/aromatic N) is 4. The van der Waals surface area contributed by atoms with Crippen molar-refractivity contribution >= 4 is 22.3 Å². The maximum Gasteiger partial charge on any atom is 0.124 e. The van der Waals surface area contributed by atoms with Crippen molar-refractivity contribution in [2.24, 2.45) is 0 Å². The minimum absolute atomic E-state index is 0.0526. The number of anilines is 2. The van der Waals surface area contributed by atoms with E-state index in [-0.39, 0.29) is 6.61 Å². The van der Waals surface area contributed by atoms with Crippen LogP contribution in [-0.4, -0.2) is 59.8 Å². The van der Waals surface area contributed by atoms with E-state index in [0.717, 1.165) is 58.0 Å². The molecule has 8 heteroatoms. The van der Waals surface area contributed by atoms with Gasteiger partial charge in [-0.2, -0.15) is 5.10 Å². The minimum Gasteiger partial charge on any atom is -0.497 e. The predicted octanol–water partition coefficient (Wildman–Crippen LogP) is 4.24. The van der Waals surface area contributed by atoms with Gasteiger partial charge in [0.2, 0.25) is 0 Å². The Morgan fingerprint density at radius 1 is 0.971 bits per heavy atom. The van der Waals surface area contributed by atoms with Crippen LogP contribution in [0.5, 0.6) is 11.5 Å². The molecule has 0 aliphatic carbocycles. The van der Waals surface area contributed by atoms with Gasteiger partial charge in [-0.1, -0.05) is 13.8 Å². The van der Waals surface area contributed by atoms with E-state index >= 15 is 0 Å². The Kier molecular flexibility index (Phi) is 7.84. The Morgan fingerprint density at radius 3 is 2.43 bits per heavy atom. The highest BCUT2D eigenvalue weighted by Gasteiger charge is 2.14. The number of fused-ring (bicyclic) bond motifs is 1. The van der Waals surface area contributed by atoms with Crippen LogP contribution in [-0.2, 0) is 6.54 Å². The molecule has 0 spiro atoms. The van der Waals surface area contributed by atoms with E-state index in [4.69, 9.17) is 9.47 Å². The van der Waals surface area contributed by atoms with Gasteiger partial charge < -0.3 is 24.8 Å². The summed E-state index contributed by atoms with van der Waals surface area (Å²) in [6.45, 7) is 6.39. The first-order chi connectivity index (χ1) is 17.0. The fraction of sp³-hybridized carbons (Fsp3) is 0.333. The fourth-order valence-electron chi connectivity index (χ4n) is 4.00. The number of ether oxygens (including phenoxy) is 2. The highest BCUT2D eigenvalue weighted by Crippen LogP contribution is 2.34. The largest absolute Gasteiger partial charge is 0.497 e. The van der Waals surface area contributed by atoms with Gasteiger partial charge in [0.25, 0.3) is 0 Å². The normalized spacial score (nSPS) is 11.3. The van der Waals surface area contributed by atoms with E-state index < -0.39 is 0 Å². The van der Waals surface area contributed by atoms with Crippen molar-refractivity contribution in [3.63, 3.8) is 0 Å². The third-order valence-corrected chi connectivity index (χ3v) is 5.81. The molecule has 0 atom stereocenters. The summed E-state index contributed by atoms with van der Waals surface area (Å²) in [7, 11) is 3.32. The van der Waals surface area contributed by atoms with Crippen molar-refractivity contribution in [2.75, 3.05) is 38.8 Å². The van der Waals surface area contributed by atoms with Crippen LogP contribution < -0.4 is 19.7 Å². The topological polar surface area (TPSA) is 84.7 Å². The molecule has 4 aromatic rings. The molecule has 0 saturated carbocycles. The second-order valence-corrected chi connectivity index (χ2v) is 8.65. The molecule has 184 valence electrons. The first-order valence-electron chi connectivity index (χ1n) is 11.8. The number of benzene rings is 2. The Bertz CT molecular complexity index is 1250. The number of hydrogen-bond donors (Lipinski definition) is 2. The lowest BCUT2D eigenvalue weighted by molar-refractivity contribution is 0.269. The van der Waals surface area contributed by atoms with E-state index in [2.05, 4.69) is 52.3 Å². The second-order valence-electron chi connectivity index (χ2n) is 8.65. The molecule has 0 bridgehead atoms. The van der Waals surface area contributed by atoms with Crippen molar-refractivity contribution in [1.29, 1.82) is 0 Å². The molecule has 0 aliphatic rings. The number of pyridine rings is 1. The molecule has 0 fully saturated rings. The molecule has 0 saturated heterocycles. The zero-order chi connectivity index (χ0) is 24.8. The molecular formula is C27H33N5O3. The van der Waals surface area contributed by atoms with Crippen LogP contribution in [0.1, 0.15) is 13.8 Å². The summed E-state index contributed by atoms with van der Waals surface area (Å²) in [5.74, 6) is 1.48. The third-order valence-electron chi connectivity index (χ3n) is 5.81. The zero-order valence-corrected chi connectivity index (χ0v) is 20.7. The van der Waals surface area contributed by atoms with E-state index in [1.54, 1.807) is 25.1 Å². The molecule has 2 heterocycles. The molecule has 2 aromatic heterocycles. The van der Waals surface area contributed by atoms with Crippen LogP contribution in [0.15, 0.2) is 61.1 Å². The number of aliphatic hydroxyl groups excluding tert-OH is 1. The average Bonchev–Trinajstić information content (AvgIpc) is 3.34. The maximum absolute atomic E-state index is 9.18. The number of hydrogen-bond acceptors (Lipinski definition) is 7. The molecule has 8 nitrogen and oxygen atoms in total. The standard InChI is InChI=1S/C27H33N5O3/c1-19(2)28-7-8-32(24-13-25(34-3)15-26(14-24)35-4)23-5-6-27-20(12-23)11-21(16-29-27)22-17-30-31(18-22)9-10-33/h5-6,11-19,28,33H,7-10H2,1-4H3. The Morgan fingerprint density at radius 2 is 1.74 bits per heavy atom. The molecular weight excluding hydrogens is 442 g/mol. The van der Waals surface area contributed by atoms with Crippen LogP contribution in [0.4, 0.5) is 11.4 Å². The molecule has 0 aliphatic heterocycles. The van der Waals surface area contributed by atoms with Gasteiger partial charge in [-0.25, -0.2) is 0 Å². The molecule has 0 radical (unpaired) electrons. The third kappa shape index (κ3) is 5.90. The van der Waals surface area contributed by atoms with Gasteiger partial charge in [0.15, 0.2) is 0 Å². The van der Waals surface area contributed by atoms with Gasteiger partial charge in [-0.15, -0.1) is 0 Å². The van der Waals surface area contributed by atoms with Crippen molar-refractivity contribution in [3.05, 3.63) is 61.1 Å². The summed E-state index contributed by atoms with van der Waals surface area (Å²) in [5.41, 5.74) is 4.90. The lowest BCUT2D eigenvalue weighted by Gasteiger charge is -2.27.